The van der Waals surface area contributed by atoms with Gasteiger partial charge in [0.25, 0.3) is 0 Å². The number of ether oxygens (including phenoxy) is 3. The number of nitrogens with zero attached hydrogens (tertiary/aromatic N) is 1. The molecule has 6 nitrogen and oxygen atoms in total. The number of aliphatic imine (C=N–C) groups is 1. The fourth-order valence-electron chi connectivity index (χ4n) is 3.16. The molecule has 144 valence electrons. The van der Waals surface area contributed by atoms with Gasteiger partial charge in [0.05, 0.1) is 20.8 Å². The minimum absolute atomic E-state index is 0.427. The Morgan fingerprint density at radius 1 is 1.00 bits per heavy atom. The molecular formula is C21H27N3O3. The van der Waals surface area contributed by atoms with Crippen LogP contribution in [0, 0.1) is 0 Å². The number of guanidine groups is 1. The van der Waals surface area contributed by atoms with Crippen molar-refractivity contribution >= 4 is 11.6 Å². The summed E-state index contributed by atoms with van der Waals surface area (Å²) >= 11 is 0. The van der Waals surface area contributed by atoms with E-state index in [-0.39, 0.29) is 0 Å². The van der Waals surface area contributed by atoms with Gasteiger partial charge in [-0.2, -0.15) is 0 Å². The predicted molar refractivity (Wildman–Crippen MR) is 108 cm³/mol. The van der Waals surface area contributed by atoms with E-state index >= 15 is 0 Å². The summed E-state index contributed by atoms with van der Waals surface area (Å²) in [6.07, 6.45) is 4.32. The first-order chi connectivity index (χ1) is 13.2. The first-order valence-corrected chi connectivity index (χ1v) is 9.22. The van der Waals surface area contributed by atoms with Crippen LogP contribution in [-0.4, -0.2) is 33.3 Å². The number of rotatable bonds is 8. The van der Waals surface area contributed by atoms with Crippen LogP contribution in [0.15, 0.2) is 41.4 Å². The maximum Gasteiger partial charge on any atom is 0.193 e. The van der Waals surface area contributed by atoms with Crippen LogP contribution in [0.1, 0.15) is 24.0 Å². The third-order valence-electron chi connectivity index (χ3n) is 4.55. The Bertz CT molecular complexity index is 783. The van der Waals surface area contributed by atoms with Crippen molar-refractivity contribution in [2.24, 2.45) is 10.7 Å². The number of hydrogen-bond donors (Lipinski definition) is 2. The fourth-order valence-corrected chi connectivity index (χ4v) is 3.16. The van der Waals surface area contributed by atoms with Crippen LogP contribution in [-0.2, 0) is 12.8 Å². The molecule has 0 saturated heterocycles. The van der Waals surface area contributed by atoms with Crippen LogP contribution < -0.4 is 25.3 Å². The first kappa shape index (κ1) is 18.9. The van der Waals surface area contributed by atoms with Crippen LogP contribution in [0.5, 0.6) is 17.2 Å². The summed E-state index contributed by atoms with van der Waals surface area (Å²) in [5.74, 6) is 2.53. The Hall–Kier alpha value is -2.89. The molecule has 27 heavy (non-hydrogen) atoms. The van der Waals surface area contributed by atoms with Gasteiger partial charge in [-0.15, -0.1) is 0 Å². The van der Waals surface area contributed by atoms with Crippen molar-refractivity contribution in [2.75, 3.05) is 32.7 Å². The highest BCUT2D eigenvalue weighted by molar-refractivity contribution is 5.92. The third kappa shape index (κ3) is 5.29. The number of methoxy groups -OCH3 is 2. The Labute approximate surface area is 160 Å². The molecule has 1 aliphatic rings. The molecule has 0 fully saturated rings. The minimum Gasteiger partial charge on any atom is -0.496 e. The zero-order valence-electron chi connectivity index (χ0n) is 16.0. The molecule has 0 unspecified atom stereocenters. The van der Waals surface area contributed by atoms with Crippen LogP contribution in [0.25, 0.3) is 0 Å². The van der Waals surface area contributed by atoms with Gasteiger partial charge in [0.2, 0.25) is 0 Å². The number of benzene rings is 2. The Kier molecular flexibility index (Phi) is 6.41. The number of nitrogens with one attached hydrogen (secondary N) is 1. The van der Waals surface area contributed by atoms with E-state index in [1.54, 1.807) is 14.2 Å². The summed E-state index contributed by atoms with van der Waals surface area (Å²) in [6, 6.07) is 11.9. The number of nitrogens with two attached hydrogens (primary N) is 1. The van der Waals surface area contributed by atoms with Crippen LogP contribution >= 0.6 is 0 Å². The second kappa shape index (κ2) is 9.16. The maximum absolute atomic E-state index is 5.99. The fraction of sp³-hybridized carbons (Fsp3) is 0.381. The Balaban J connectivity index is 1.44. The number of aryl methyl sites for hydroxylation is 2. The van der Waals surface area contributed by atoms with Gasteiger partial charge in [-0.05, 0) is 42.5 Å². The molecule has 2 aromatic carbocycles. The van der Waals surface area contributed by atoms with Gasteiger partial charge in [0, 0.05) is 36.9 Å². The van der Waals surface area contributed by atoms with Crippen molar-refractivity contribution in [3.8, 4) is 17.2 Å². The van der Waals surface area contributed by atoms with Crippen molar-refractivity contribution in [1.82, 2.24) is 0 Å². The second-order valence-corrected chi connectivity index (χ2v) is 6.48. The van der Waals surface area contributed by atoms with Crippen LogP contribution in [0.4, 0.5) is 5.69 Å². The SMILES string of the molecule is COc1cc(OC)cc(OCCCN=C(N)Nc2ccc3c(c2)CCC3)c1. The van der Waals surface area contributed by atoms with Crippen molar-refractivity contribution in [1.29, 1.82) is 0 Å². The third-order valence-corrected chi connectivity index (χ3v) is 4.55. The van der Waals surface area contributed by atoms with E-state index < -0.39 is 0 Å². The molecule has 0 aliphatic heterocycles. The molecular weight excluding hydrogens is 342 g/mol. The Morgan fingerprint density at radius 2 is 1.70 bits per heavy atom. The Morgan fingerprint density at radius 3 is 2.44 bits per heavy atom. The molecule has 0 atom stereocenters. The maximum atomic E-state index is 5.99. The lowest BCUT2D eigenvalue weighted by atomic mass is 10.1. The molecule has 0 bridgehead atoms. The average Bonchev–Trinajstić information content (AvgIpc) is 3.15. The van der Waals surface area contributed by atoms with Gasteiger partial charge >= 0.3 is 0 Å². The molecule has 1 aliphatic carbocycles. The smallest absolute Gasteiger partial charge is 0.193 e. The van der Waals surface area contributed by atoms with Crippen LogP contribution in [0.3, 0.4) is 0 Å². The highest BCUT2D eigenvalue weighted by Crippen LogP contribution is 2.27. The van der Waals surface area contributed by atoms with Gasteiger partial charge in [0.1, 0.15) is 17.2 Å². The van der Waals surface area contributed by atoms with E-state index in [1.807, 2.05) is 18.2 Å². The minimum atomic E-state index is 0.427. The second-order valence-electron chi connectivity index (χ2n) is 6.48. The van der Waals surface area contributed by atoms with Gasteiger partial charge in [0.15, 0.2) is 5.96 Å². The lowest BCUT2D eigenvalue weighted by Gasteiger charge is -2.10. The molecule has 6 heteroatoms. The normalized spacial score (nSPS) is 13.2. The first-order valence-electron chi connectivity index (χ1n) is 9.22. The van der Waals surface area contributed by atoms with Crippen molar-refractivity contribution in [3.63, 3.8) is 0 Å². The zero-order chi connectivity index (χ0) is 19.1. The molecule has 0 aromatic heterocycles. The number of fused-ring (bicyclic) bond motifs is 1. The van der Waals surface area contributed by atoms with E-state index in [0.29, 0.717) is 36.4 Å². The number of anilines is 1. The van der Waals surface area contributed by atoms with Crippen molar-refractivity contribution < 1.29 is 14.2 Å². The predicted octanol–water partition coefficient (Wildman–Crippen LogP) is 3.39. The highest BCUT2D eigenvalue weighted by Gasteiger charge is 2.10. The van der Waals surface area contributed by atoms with Crippen molar-refractivity contribution in [3.05, 3.63) is 47.5 Å². The summed E-state index contributed by atoms with van der Waals surface area (Å²) in [4.78, 5) is 4.37. The average molecular weight is 369 g/mol. The molecule has 3 rings (SSSR count). The molecule has 0 amide bonds. The lowest BCUT2D eigenvalue weighted by Crippen LogP contribution is -2.23. The zero-order valence-corrected chi connectivity index (χ0v) is 16.0. The van der Waals surface area contributed by atoms with Gasteiger partial charge < -0.3 is 25.3 Å². The molecule has 0 radical (unpaired) electrons. The summed E-state index contributed by atoms with van der Waals surface area (Å²) in [5, 5.41) is 3.16. The van der Waals surface area contributed by atoms with Gasteiger partial charge in [-0.25, -0.2) is 0 Å². The van der Waals surface area contributed by atoms with E-state index in [0.717, 1.165) is 18.5 Å². The van der Waals surface area contributed by atoms with E-state index in [4.69, 9.17) is 19.9 Å². The van der Waals surface area contributed by atoms with E-state index in [2.05, 4.69) is 28.5 Å². The molecule has 3 N–H and O–H groups in total. The van der Waals surface area contributed by atoms with Gasteiger partial charge in [-0.3, -0.25) is 4.99 Å². The summed E-state index contributed by atoms with van der Waals surface area (Å²) in [7, 11) is 3.23. The summed E-state index contributed by atoms with van der Waals surface area (Å²) in [6.45, 7) is 1.12. The number of hydrogen-bond acceptors (Lipinski definition) is 4. The quantitative estimate of drug-likeness (QED) is 0.424. The van der Waals surface area contributed by atoms with Crippen LogP contribution in [0.2, 0.25) is 0 Å². The van der Waals surface area contributed by atoms with E-state index in [9.17, 15) is 0 Å². The molecule has 2 aromatic rings. The summed E-state index contributed by atoms with van der Waals surface area (Å²) < 4.78 is 16.2. The standard InChI is InChI=1S/C21H27N3O3/c1-25-18-12-19(26-2)14-20(13-18)27-10-4-9-23-21(22)24-17-8-7-15-5-3-6-16(15)11-17/h7-8,11-14H,3-6,9-10H2,1-2H3,(H3,22,23,24). The lowest BCUT2D eigenvalue weighted by molar-refractivity contribution is 0.307. The summed E-state index contributed by atoms with van der Waals surface area (Å²) in [5.41, 5.74) is 9.84. The van der Waals surface area contributed by atoms with Crippen molar-refractivity contribution in [2.45, 2.75) is 25.7 Å². The molecule has 0 spiro atoms. The largest absolute Gasteiger partial charge is 0.496 e. The molecule has 0 heterocycles. The van der Waals surface area contributed by atoms with E-state index in [1.165, 1.54) is 24.0 Å². The monoisotopic (exact) mass is 369 g/mol. The topological polar surface area (TPSA) is 78.1 Å². The molecule has 0 saturated carbocycles. The van der Waals surface area contributed by atoms with Gasteiger partial charge in [-0.1, -0.05) is 6.07 Å². The highest BCUT2D eigenvalue weighted by atomic mass is 16.5.